The van der Waals surface area contributed by atoms with Crippen molar-refractivity contribution in [3.63, 3.8) is 0 Å². The fraction of sp³-hybridized carbons (Fsp3) is 0.200. The molecule has 0 aliphatic carbocycles. The third kappa shape index (κ3) is 4.17. The largest absolute Gasteiger partial charge is 0.497 e. The molecule has 0 aliphatic rings. The molecule has 0 radical (unpaired) electrons. The predicted octanol–water partition coefficient (Wildman–Crippen LogP) is 3.02. The molecule has 3 N–H and O–H groups in total. The minimum Gasteiger partial charge on any atom is -0.497 e. The number of benzene rings is 1. The van der Waals surface area contributed by atoms with Gasteiger partial charge in [-0.2, -0.15) is 9.97 Å². The normalized spacial score (nSPS) is 10.8. The van der Waals surface area contributed by atoms with Gasteiger partial charge in [-0.1, -0.05) is 18.2 Å². The van der Waals surface area contributed by atoms with Crippen molar-refractivity contribution in [2.24, 2.45) is 0 Å². The highest BCUT2D eigenvalue weighted by Gasteiger charge is 2.10. The monoisotopic (exact) mass is 375 g/mol. The van der Waals surface area contributed by atoms with Gasteiger partial charge in [-0.05, 0) is 35.7 Å². The molecule has 0 atom stereocenters. The van der Waals surface area contributed by atoms with Gasteiger partial charge in [0.15, 0.2) is 11.5 Å². The van der Waals surface area contributed by atoms with Crippen molar-refractivity contribution in [2.75, 3.05) is 24.3 Å². The number of nitrogens with one attached hydrogen (secondary N) is 3. The second kappa shape index (κ2) is 8.34. The predicted molar refractivity (Wildman–Crippen MR) is 108 cm³/mol. The first-order valence-corrected chi connectivity index (χ1v) is 9.02. The lowest BCUT2D eigenvalue weighted by Gasteiger charge is -2.10. The van der Waals surface area contributed by atoms with Crippen LogP contribution in [0, 0.1) is 0 Å². The summed E-state index contributed by atoms with van der Waals surface area (Å²) in [5.41, 5.74) is 3.69. The van der Waals surface area contributed by atoms with Gasteiger partial charge in [-0.3, -0.25) is 4.98 Å². The van der Waals surface area contributed by atoms with Crippen LogP contribution in [0.2, 0.25) is 0 Å². The summed E-state index contributed by atoms with van der Waals surface area (Å²) in [4.78, 5) is 20.5. The van der Waals surface area contributed by atoms with Crippen LogP contribution < -0.4 is 15.4 Å². The molecule has 4 rings (SSSR count). The summed E-state index contributed by atoms with van der Waals surface area (Å²) in [6.07, 6.45) is 6.05. The summed E-state index contributed by atoms with van der Waals surface area (Å²) >= 11 is 0. The number of aromatic amines is 1. The quantitative estimate of drug-likeness (QED) is 0.435. The molecular weight excluding hydrogens is 354 g/mol. The van der Waals surface area contributed by atoms with Gasteiger partial charge in [0.25, 0.3) is 0 Å². The van der Waals surface area contributed by atoms with E-state index in [1.54, 1.807) is 19.6 Å². The molecule has 28 heavy (non-hydrogen) atoms. The molecule has 3 heterocycles. The highest BCUT2D eigenvalue weighted by Crippen LogP contribution is 2.19. The Kier molecular flexibility index (Phi) is 5.28. The number of imidazole rings is 1. The second-order valence-corrected chi connectivity index (χ2v) is 6.24. The molecule has 0 saturated heterocycles. The van der Waals surface area contributed by atoms with Gasteiger partial charge < -0.3 is 20.4 Å². The average molecular weight is 375 g/mol. The third-order valence-corrected chi connectivity index (χ3v) is 4.32. The molecule has 3 aromatic heterocycles. The van der Waals surface area contributed by atoms with Crippen molar-refractivity contribution in [1.82, 2.24) is 24.9 Å². The number of rotatable bonds is 8. The van der Waals surface area contributed by atoms with Gasteiger partial charge in [-0.25, -0.2) is 4.98 Å². The van der Waals surface area contributed by atoms with E-state index in [4.69, 9.17) is 4.74 Å². The zero-order valence-corrected chi connectivity index (χ0v) is 15.5. The lowest BCUT2D eigenvalue weighted by Crippen LogP contribution is -2.10. The van der Waals surface area contributed by atoms with E-state index in [0.717, 1.165) is 35.6 Å². The van der Waals surface area contributed by atoms with Gasteiger partial charge in [0.05, 0.1) is 13.4 Å². The lowest BCUT2D eigenvalue weighted by molar-refractivity contribution is 0.414. The molecule has 0 fully saturated rings. The van der Waals surface area contributed by atoms with E-state index >= 15 is 0 Å². The van der Waals surface area contributed by atoms with Gasteiger partial charge >= 0.3 is 0 Å². The summed E-state index contributed by atoms with van der Waals surface area (Å²) < 4.78 is 5.20. The minimum absolute atomic E-state index is 0.524. The van der Waals surface area contributed by atoms with Gasteiger partial charge in [0, 0.05) is 25.5 Å². The van der Waals surface area contributed by atoms with Crippen LogP contribution in [-0.4, -0.2) is 38.6 Å². The molecule has 0 unspecified atom stereocenters. The summed E-state index contributed by atoms with van der Waals surface area (Å²) in [7, 11) is 1.67. The summed E-state index contributed by atoms with van der Waals surface area (Å²) in [5, 5.41) is 6.62. The smallest absolute Gasteiger partial charge is 0.227 e. The Morgan fingerprint density at radius 2 is 1.93 bits per heavy atom. The number of fused-ring (bicyclic) bond motifs is 1. The molecule has 8 heteroatoms. The van der Waals surface area contributed by atoms with Crippen molar-refractivity contribution in [3.8, 4) is 5.75 Å². The number of hydrogen-bond donors (Lipinski definition) is 3. The van der Waals surface area contributed by atoms with Crippen LogP contribution in [-0.2, 0) is 13.0 Å². The molecule has 0 aliphatic heterocycles. The van der Waals surface area contributed by atoms with Crippen molar-refractivity contribution >= 4 is 22.9 Å². The van der Waals surface area contributed by atoms with Gasteiger partial charge in [0.1, 0.15) is 11.3 Å². The number of ether oxygens (including phenoxy) is 1. The Bertz CT molecular complexity index is 1030. The van der Waals surface area contributed by atoms with E-state index in [1.807, 2.05) is 30.5 Å². The molecule has 0 spiro atoms. The van der Waals surface area contributed by atoms with Gasteiger partial charge in [0.2, 0.25) is 5.95 Å². The fourth-order valence-corrected chi connectivity index (χ4v) is 2.84. The Morgan fingerprint density at radius 3 is 2.71 bits per heavy atom. The Labute approximate surface area is 162 Å². The number of methoxy groups -OCH3 is 1. The summed E-state index contributed by atoms with van der Waals surface area (Å²) in [6, 6.07) is 12.0. The van der Waals surface area contributed by atoms with Crippen molar-refractivity contribution in [3.05, 3.63) is 66.2 Å². The molecule has 142 valence electrons. The summed E-state index contributed by atoms with van der Waals surface area (Å²) in [5.74, 6) is 2.11. The molecule has 0 amide bonds. The minimum atomic E-state index is 0.524. The maximum Gasteiger partial charge on any atom is 0.227 e. The number of H-pyrrole nitrogens is 1. The SMILES string of the molecule is COc1ccc(CCNc2nc(NCc3cccnc3)nc3nc[nH]c23)cc1. The molecule has 0 saturated carbocycles. The highest BCUT2D eigenvalue weighted by molar-refractivity contribution is 5.83. The van der Waals surface area contributed by atoms with E-state index in [9.17, 15) is 0 Å². The molecule has 1 aromatic carbocycles. The van der Waals surface area contributed by atoms with Crippen molar-refractivity contribution in [2.45, 2.75) is 13.0 Å². The van der Waals surface area contributed by atoms with Crippen LogP contribution in [0.25, 0.3) is 11.2 Å². The van der Waals surface area contributed by atoms with E-state index in [0.29, 0.717) is 18.1 Å². The number of pyridine rings is 1. The molecular formula is C20H21N7O. The maximum absolute atomic E-state index is 5.20. The van der Waals surface area contributed by atoms with Crippen LogP contribution in [0.15, 0.2) is 55.1 Å². The summed E-state index contributed by atoms with van der Waals surface area (Å²) in [6.45, 7) is 1.33. The number of aromatic nitrogens is 5. The molecule has 8 nitrogen and oxygen atoms in total. The first-order chi connectivity index (χ1) is 13.8. The van der Waals surface area contributed by atoms with Crippen LogP contribution in [0.5, 0.6) is 5.75 Å². The standard InChI is InChI=1S/C20H21N7O/c1-28-16-6-4-14(5-7-16)8-10-22-18-17-19(25-13-24-17)27-20(26-18)23-12-15-3-2-9-21-11-15/h2-7,9,11,13H,8,10,12H2,1H3,(H3,22,23,24,25,26,27). The van der Waals surface area contributed by atoms with Crippen LogP contribution >= 0.6 is 0 Å². The van der Waals surface area contributed by atoms with E-state index in [-0.39, 0.29) is 0 Å². The Hall–Kier alpha value is -3.68. The number of hydrogen-bond acceptors (Lipinski definition) is 7. The zero-order valence-electron chi connectivity index (χ0n) is 15.5. The first kappa shape index (κ1) is 17.7. The average Bonchev–Trinajstić information content (AvgIpc) is 3.22. The highest BCUT2D eigenvalue weighted by atomic mass is 16.5. The maximum atomic E-state index is 5.20. The van der Waals surface area contributed by atoms with E-state index < -0.39 is 0 Å². The van der Waals surface area contributed by atoms with Crippen LogP contribution in [0.4, 0.5) is 11.8 Å². The van der Waals surface area contributed by atoms with Crippen molar-refractivity contribution < 1.29 is 4.74 Å². The third-order valence-electron chi connectivity index (χ3n) is 4.32. The van der Waals surface area contributed by atoms with E-state index in [1.165, 1.54) is 5.56 Å². The Morgan fingerprint density at radius 1 is 1.04 bits per heavy atom. The zero-order chi connectivity index (χ0) is 19.2. The first-order valence-electron chi connectivity index (χ1n) is 9.02. The molecule has 0 bridgehead atoms. The second-order valence-electron chi connectivity index (χ2n) is 6.24. The van der Waals surface area contributed by atoms with E-state index in [2.05, 4.69) is 47.7 Å². The Balaban J connectivity index is 1.44. The van der Waals surface area contributed by atoms with Crippen LogP contribution in [0.3, 0.4) is 0 Å². The fourth-order valence-electron chi connectivity index (χ4n) is 2.84. The van der Waals surface area contributed by atoms with Crippen LogP contribution in [0.1, 0.15) is 11.1 Å². The lowest BCUT2D eigenvalue weighted by atomic mass is 10.1. The topological polar surface area (TPSA) is 101 Å². The van der Waals surface area contributed by atoms with Gasteiger partial charge in [-0.15, -0.1) is 0 Å². The number of nitrogens with zero attached hydrogens (tertiary/aromatic N) is 4. The van der Waals surface area contributed by atoms with Crippen molar-refractivity contribution in [1.29, 1.82) is 0 Å². The number of anilines is 2. The molecule has 4 aromatic rings.